The number of rotatable bonds is 2. The van der Waals surface area contributed by atoms with Crippen LogP contribution in [-0.2, 0) is 6.54 Å². The van der Waals surface area contributed by atoms with Gasteiger partial charge in [0.15, 0.2) is 0 Å². The Balaban J connectivity index is 2.19. The van der Waals surface area contributed by atoms with E-state index in [0.29, 0.717) is 21.6 Å². The lowest BCUT2D eigenvalue weighted by molar-refractivity contribution is 0.466. The zero-order valence-electron chi connectivity index (χ0n) is 9.93. The standard InChI is InChI=1S/C14H11ClN2O2/c15-10-5-3-6-11-13(10)17(14(19)16-11)8-9-4-1-2-7-12(9)18/h1-7,18H,8H2,(H,16,19). The smallest absolute Gasteiger partial charge is 0.326 e. The van der Waals surface area contributed by atoms with E-state index < -0.39 is 0 Å². The number of nitrogens with zero attached hydrogens (tertiary/aromatic N) is 1. The van der Waals surface area contributed by atoms with Crippen molar-refractivity contribution in [1.29, 1.82) is 0 Å². The fourth-order valence-electron chi connectivity index (χ4n) is 2.14. The molecular formula is C14H11ClN2O2. The van der Waals surface area contributed by atoms with E-state index in [1.54, 1.807) is 36.4 Å². The number of aromatic amines is 1. The highest BCUT2D eigenvalue weighted by molar-refractivity contribution is 6.34. The summed E-state index contributed by atoms with van der Waals surface area (Å²) in [5, 5.41) is 10.3. The summed E-state index contributed by atoms with van der Waals surface area (Å²) in [6.45, 7) is 0.273. The first-order valence-corrected chi connectivity index (χ1v) is 6.18. The molecule has 0 aliphatic rings. The zero-order chi connectivity index (χ0) is 13.4. The lowest BCUT2D eigenvalue weighted by atomic mass is 10.2. The van der Waals surface area contributed by atoms with Crippen LogP contribution >= 0.6 is 11.6 Å². The lowest BCUT2D eigenvalue weighted by Crippen LogP contribution is -2.17. The predicted octanol–water partition coefficient (Wildman–Crippen LogP) is 2.74. The fourth-order valence-corrected chi connectivity index (χ4v) is 2.42. The van der Waals surface area contributed by atoms with Crippen molar-refractivity contribution >= 4 is 22.6 Å². The Bertz CT molecular complexity index is 805. The molecule has 0 radical (unpaired) electrons. The van der Waals surface area contributed by atoms with Gasteiger partial charge in [0, 0.05) is 5.56 Å². The number of benzene rings is 2. The van der Waals surface area contributed by atoms with Crippen molar-refractivity contribution in [2.75, 3.05) is 0 Å². The molecule has 2 N–H and O–H groups in total. The lowest BCUT2D eigenvalue weighted by Gasteiger charge is -2.06. The summed E-state index contributed by atoms with van der Waals surface area (Å²) < 4.78 is 1.52. The summed E-state index contributed by atoms with van der Waals surface area (Å²) >= 11 is 6.14. The molecule has 0 unspecified atom stereocenters. The number of aromatic hydroxyl groups is 1. The second kappa shape index (κ2) is 4.48. The molecule has 3 rings (SSSR count). The molecule has 0 bridgehead atoms. The van der Waals surface area contributed by atoms with Crippen LogP contribution in [0.4, 0.5) is 0 Å². The largest absolute Gasteiger partial charge is 0.508 e. The molecule has 0 atom stereocenters. The number of imidazole rings is 1. The number of hydrogen-bond donors (Lipinski definition) is 2. The van der Waals surface area contributed by atoms with E-state index in [-0.39, 0.29) is 18.0 Å². The Morgan fingerprint density at radius 3 is 2.74 bits per heavy atom. The summed E-state index contributed by atoms with van der Waals surface area (Å²) in [4.78, 5) is 14.7. The molecule has 0 amide bonds. The number of halogens is 1. The molecule has 19 heavy (non-hydrogen) atoms. The number of aromatic nitrogens is 2. The molecule has 3 aromatic rings. The monoisotopic (exact) mass is 274 g/mol. The second-order valence-electron chi connectivity index (χ2n) is 4.28. The predicted molar refractivity (Wildman–Crippen MR) is 74.8 cm³/mol. The van der Waals surface area contributed by atoms with Gasteiger partial charge in [-0.25, -0.2) is 4.79 Å². The van der Waals surface area contributed by atoms with E-state index in [0.717, 1.165) is 0 Å². The first-order chi connectivity index (χ1) is 9.16. The molecule has 0 fully saturated rings. The van der Waals surface area contributed by atoms with Gasteiger partial charge in [-0.1, -0.05) is 35.9 Å². The van der Waals surface area contributed by atoms with Crippen molar-refractivity contribution in [2.24, 2.45) is 0 Å². The quantitative estimate of drug-likeness (QED) is 0.755. The van der Waals surface area contributed by atoms with E-state index in [2.05, 4.69) is 4.98 Å². The van der Waals surface area contributed by atoms with Crippen molar-refractivity contribution < 1.29 is 5.11 Å². The molecule has 0 saturated heterocycles. The Labute approximate surface area is 113 Å². The number of fused-ring (bicyclic) bond motifs is 1. The van der Waals surface area contributed by atoms with Crippen molar-refractivity contribution in [2.45, 2.75) is 6.54 Å². The number of phenolic OH excluding ortho intramolecular Hbond substituents is 1. The number of nitrogens with one attached hydrogen (secondary N) is 1. The average molecular weight is 275 g/mol. The Kier molecular flexibility index (Phi) is 2.80. The van der Waals surface area contributed by atoms with Crippen molar-refractivity contribution in [3.8, 4) is 5.75 Å². The maximum absolute atomic E-state index is 12.0. The van der Waals surface area contributed by atoms with E-state index in [1.165, 1.54) is 4.57 Å². The number of phenols is 1. The highest BCUT2D eigenvalue weighted by atomic mass is 35.5. The molecule has 0 spiro atoms. The summed E-state index contributed by atoms with van der Waals surface area (Å²) in [6, 6.07) is 12.2. The van der Waals surface area contributed by atoms with Crippen LogP contribution < -0.4 is 5.69 Å². The molecule has 1 heterocycles. The summed E-state index contributed by atoms with van der Waals surface area (Å²) in [5.41, 5.74) is 1.77. The van der Waals surface area contributed by atoms with E-state index >= 15 is 0 Å². The van der Waals surface area contributed by atoms with Gasteiger partial charge in [0.2, 0.25) is 0 Å². The van der Waals surface area contributed by atoms with Gasteiger partial charge in [0.1, 0.15) is 5.75 Å². The third-order valence-electron chi connectivity index (χ3n) is 3.06. The first kappa shape index (κ1) is 11.9. The topological polar surface area (TPSA) is 58.0 Å². The minimum absolute atomic E-state index is 0.163. The van der Waals surface area contributed by atoms with Gasteiger partial charge in [-0.15, -0.1) is 0 Å². The van der Waals surface area contributed by atoms with Crippen molar-refractivity contribution in [3.05, 3.63) is 63.5 Å². The molecule has 1 aromatic heterocycles. The minimum atomic E-state index is -0.244. The van der Waals surface area contributed by atoms with Gasteiger partial charge in [0.25, 0.3) is 0 Å². The third-order valence-corrected chi connectivity index (χ3v) is 3.37. The Morgan fingerprint density at radius 1 is 1.16 bits per heavy atom. The first-order valence-electron chi connectivity index (χ1n) is 5.81. The van der Waals surface area contributed by atoms with Gasteiger partial charge in [-0.3, -0.25) is 4.57 Å². The van der Waals surface area contributed by atoms with Gasteiger partial charge >= 0.3 is 5.69 Å². The highest BCUT2D eigenvalue weighted by Gasteiger charge is 2.11. The maximum Gasteiger partial charge on any atom is 0.326 e. The SMILES string of the molecule is O=c1[nH]c2cccc(Cl)c2n1Cc1ccccc1O. The van der Waals surface area contributed by atoms with Crippen LogP contribution in [0.25, 0.3) is 11.0 Å². The molecular weight excluding hydrogens is 264 g/mol. The van der Waals surface area contributed by atoms with Crippen LogP contribution in [0.2, 0.25) is 5.02 Å². The normalized spacial score (nSPS) is 11.0. The van der Waals surface area contributed by atoms with Crippen molar-refractivity contribution in [1.82, 2.24) is 9.55 Å². The molecule has 0 aliphatic heterocycles. The number of hydrogen-bond acceptors (Lipinski definition) is 2. The van der Waals surface area contributed by atoms with Gasteiger partial charge in [-0.2, -0.15) is 0 Å². The Hall–Kier alpha value is -2.20. The van der Waals surface area contributed by atoms with Crippen LogP contribution in [0, 0.1) is 0 Å². The molecule has 4 nitrogen and oxygen atoms in total. The van der Waals surface area contributed by atoms with Crippen LogP contribution in [0.5, 0.6) is 5.75 Å². The summed E-state index contributed by atoms with van der Waals surface area (Å²) in [5.74, 6) is 0.163. The van der Waals surface area contributed by atoms with Gasteiger partial charge < -0.3 is 10.1 Å². The van der Waals surface area contributed by atoms with Gasteiger partial charge in [0.05, 0.1) is 22.6 Å². The molecule has 0 saturated carbocycles. The van der Waals surface area contributed by atoms with Crippen LogP contribution in [0.15, 0.2) is 47.3 Å². The average Bonchev–Trinajstić information content (AvgIpc) is 2.70. The summed E-state index contributed by atoms with van der Waals surface area (Å²) in [7, 11) is 0. The molecule has 96 valence electrons. The van der Waals surface area contributed by atoms with Gasteiger partial charge in [-0.05, 0) is 18.2 Å². The highest BCUT2D eigenvalue weighted by Crippen LogP contribution is 2.23. The molecule has 2 aromatic carbocycles. The second-order valence-corrected chi connectivity index (χ2v) is 4.69. The molecule has 0 aliphatic carbocycles. The number of H-pyrrole nitrogens is 1. The van der Waals surface area contributed by atoms with Crippen molar-refractivity contribution in [3.63, 3.8) is 0 Å². The third kappa shape index (κ3) is 2.00. The number of para-hydroxylation sites is 2. The molecule has 5 heteroatoms. The van der Waals surface area contributed by atoms with E-state index in [4.69, 9.17) is 11.6 Å². The fraction of sp³-hybridized carbons (Fsp3) is 0.0714. The van der Waals surface area contributed by atoms with Crippen LogP contribution in [-0.4, -0.2) is 14.7 Å². The Morgan fingerprint density at radius 2 is 1.95 bits per heavy atom. The van der Waals surface area contributed by atoms with Crippen LogP contribution in [0.1, 0.15) is 5.56 Å². The van der Waals surface area contributed by atoms with E-state index in [9.17, 15) is 9.90 Å². The minimum Gasteiger partial charge on any atom is -0.508 e. The van der Waals surface area contributed by atoms with Crippen LogP contribution in [0.3, 0.4) is 0 Å². The zero-order valence-corrected chi connectivity index (χ0v) is 10.7. The summed E-state index contributed by atoms with van der Waals surface area (Å²) in [6.07, 6.45) is 0. The maximum atomic E-state index is 12.0. The van der Waals surface area contributed by atoms with E-state index in [1.807, 2.05) is 6.07 Å².